The first-order valence-electron chi connectivity index (χ1n) is 3.53. The van der Waals surface area contributed by atoms with Crippen molar-refractivity contribution in [2.75, 3.05) is 12.8 Å². The standard InChI is InChI=1S/C8H10Br2N2/c1-12-4-5-2-6(9)3-7(10)8(5)11/h2-3,12H,4,11H2,1H3. The fourth-order valence-corrected chi connectivity index (χ4v) is 2.29. The molecule has 12 heavy (non-hydrogen) atoms. The van der Waals surface area contributed by atoms with Crippen LogP contribution in [0, 0.1) is 0 Å². The highest BCUT2D eigenvalue weighted by molar-refractivity contribution is 9.11. The van der Waals surface area contributed by atoms with Crippen molar-refractivity contribution in [1.29, 1.82) is 0 Å². The molecule has 1 rings (SSSR count). The molecule has 1 aromatic rings. The minimum atomic E-state index is 0.782. The van der Waals surface area contributed by atoms with Crippen molar-refractivity contribution in [1.82, 2.24) is 5.32 Å². The van der Waals surface area contributed by atoms with E-state index in [9.17, 15) is 0 Å². The summed E-state index contributed by atoms with van der Waals surface area (Å²) in [5.74, 6) is 0. The van der Waals surface area contributed by atoms with E-state index in [1.54, 1.807) is 0 Å². The van der Waals surface area contributed by atoms with Crippen molar-refractivity contribution in [2.45, 2.75) is 6.54 Å². The monoisotopic (exact) mass is 292 g/mol. The lowest BCUT2D eigenvalue weighted by Gasteiger charge is -2.07. The van der Waals surface area contributed by atoms with E-state index < -0.39 is 0 Å². The summed E-state index contributed by atoms with van der Waals surface area (Å²) in [5, 5.41) is 3.06. The molecule has 0 heterocycles. The van der Waals surface area contributed by atoms with Gasteiger partial charge in [0.05, 0.1) is 5.69 Å². The molecule has 0 saturated carbocycles. The van der Waals surface area contributed by atoms with E-state index in [1.165, 1.54) is 0 Å². The molecule has 0 aliphatic carbocycles. The van der Waals surface area contributed by atoms with Gasteiger partial charge >= 0.3 is 0 Å². The Bertz CT molecular complexity index is 287. The molecule has 0 radical (unpaired) electrons. The van der Waals surface area contributed by atoms with Crippen molar-refractivity contribution < 1.29 is 0 Å². The highest BCUT2D eigenvalue weighted by atomic mass is 79.9. The van der Waals surface area contributed by atoms with Gasteiger partial charge in [-0.25, -0.2) is 0 Å². The van der Waals surface area contributed by atoms with Gasteiger partial charge in [-0.15, -0.1) is 0 Å². The Morgan fingerprint density at radius 3 is 2.67 bits per heavy atom. The van der Waals surface area contributed by atoms with Gasteiger partial charge in [-0.2, -0.15) is 0 Å². The van der Waals surface area contributed by atoms with Crippen molar-refractivity contribution in [3.8, 4) is 0 Å². The number of rotatable bonds is 2. The summed E-state index contributed by atoms with van der Waals surface area (Å²) in [5.41, 5.74) is 7.72. The average Bonchev–Trinajstić information content (AvgIpc) is 2.00. The first kappa shape index (κ1) is 10.0. The lowest BCUT2D eigenvalue weighted by molar-refractivity contribution is 0.819. The molecule has 2 nitrogen and oxygen atoms in total. The second-order valence-corrected chi connectivity index (χ2v) is 4.26. The molecule has 0 aromatic heterocycles. The highest BCUT2D eigenvalue weighted by Gasteiger charge is 2.03. The highest BCUT2D eigenvalue weighted by Crippen LogP contribution is 2.27. The molecule has 0 unspecified atom stereocenters. The van der Waals surface area contributed by atoms with Crippen molar-refractivity contribution in [3.05, 3.63) is 26.6 Å². The lowest BCUT2D eigenvalue weighted by atomic mass is 10.2. The van der Waals surface area contributed by atoms with Gasteiger partial charge in [0, 0.05) is 15.5 Å². The molecule has 4 heteroatoms. The molecule has 0 aliphatic heterocycles. The van der Waals surface area contributed by atoms with E-state index in [1.807, 2.05) is 19.2 Å². The fraction of sp³-hybridized carbons (Fsp3) is 0.250. The maximum atomic E-state index is 5.83. The van der Waals surface area contributed by atoms with Crippen molar-refractivity contribution in [3.63, 3.8) is 0 Å². The van der Waals surface area contributed by atoms with Gasteiger partial charge in [-0.3, -0.25) is 0 Å². The van der Waals surface area contributed by atoms with E-state index in [0.717, 1.165) is 26.7 Å². The molecule has 0 atom stereocenters. The summed E-state index contributed by atoms with van der Waals surface area (Å²) < 4.78 is 1.97. The van der Waals surface area contributed by atoms with Crippen LogP contribution in [-0.2, 0) is 6.54 Å². The largest absolute Gasteiger partial charge is 0.398 e. The predicted molar refractivity (Wildman–Crippen MR) is 59.0 cm³/mol. The maximum Gasteiger partial charge on any atom is 0.0504 e. The Labute approximate surface area is 88.8 Å². The number of hydrogen-bond donors (Lipinski definition) is 2. The van der Waals surface area contributed by atoms with Crippen molar-refractivity contribution in [2.24, 2.45) is 0 Å². The zero-order chi connectivity index (χ0) is 9.14. The fourth-order valence-electron chi connectivity index (χ4n) is 0.975. The molecular formula is C8H10Br2N2. The topological polar surface area (TPSA) is 38.0 Å². The summed E-state index contributed by atoms with van der Waals surface area (Å²) >= 11 is 6.79. The predicted octanol–water partition coefficient (Wildman–Crippen LogP) is 2.51. The zero-order valence-corrected chi connectivity index (χ0v) is 9.87. The van der Waals surface area contributed by atoms with Gasteiger partial charge < -0.3 is 11.1 Å². The molecule has 0 fully saturated rings. The number of anilines is 1. The van der Waals surface area contributed by atoms with Gasteiger partial charge in [-0.1, -0.05) is 15.9 Å². The van der Waals surface area contributed by atoms with Crippen LogP contribution in [0.3, 0.4) is 0 Å². The summed E-state index contributed by atoms with van der Waals surface area (Å²) in [6, 6.07) is 3.95. The van der Waals surface area contributed by atoms with E-state index in [2.05, 4.69) is 37.2 Å². The van der Waals surface area contributed by atoms with Crippen molar-refractivity contribution >= 4 is 37.5 Å². The third-order valence-corrected chi connectivity index (χ3v) is 2.66. The maximum absolute atomic E-state index is 5.83. The third kappa shape index (κ3) is 2.21. The number of nitrogen functional groups attached to an aromatic ring is 1. The molecule has 0 saturated heterocycles. The summed E-state index contributed by atoms with van der Waals surface area (Å²) in [6.45, 7) is 0.782. The molecule has 0 amide bonds. The molecule has 66 valence electrons. The number of nitrogens with one attached hydrogen (secondary N) is 1. The molecule has 0 bridgehead atoms. The number of nitrogens with two attached hydrogens (primary N) is 1. The molecular weight excluding hydrogens is 284 g/mol. The Morgan fingerprint density at radius 2 is 2.08 bits per heavy atom. The SMILES string of the molecule is CNCc1cc(Br)cc(Br)c1N. The van der Waals surface area contributed by atoms with Gasteiger partial charge in [0.15, 0.2) is 0 Å². The van der Waals surface area contributed by atoms with Crippen LogP contribution in [0.4, 0.5) is 5.69 Å². The van der Waals surface area contributed by atoms with Gasteiger partial charge in [-0.05, 0) is 40.7 Å². The summed E-state index contributed by atoms with van der Waals surface area (Å²) in [6.07, 6.45) is 0. The third-order valence-electron chi connectivity index (χ3n) is 1.55. The van der Waals surface area contributed by atoms with E-state index in [0.29, 0.717) is 0 Å². The van der Waals surface area contributed by atoms with Crippen LogP contribution in [0.25, 0.3) is 0 Å². The van der Waals surface area contributed by atoms with Gasteiger partial charge in [0.2, 0.25) is 0 Å². The Balaban J connectivity index is 3.09. The van der Waals surface area contributed by atoms with Crippen LogP contribution in [0.15, 0.2) is 21.1 Å². The smallest absolute Gasteiger partial charge is 0.0504 e. The number of hydrogen-bond acceptors (Lipinski definition) is 2. The van der Waals surface area contributed by atoms with Crippen LogP contribution in [0.1, 0.15) is 5.56 Å². The molecule has 3 N–H and O–H groups in total. The first-order chi connectivity index (χ1) is 5.65. The molecule has 1 aromatic carbocycles. The minimum Gasteiger partial charge on any atom is -0.398 e. The van der Waals surface area contributed by atoms with E-state index >= 15 is 0 Å². The summed E-state index contributed by atoms with van der Waals surface area (Å²) in [4.78, 5) is 0. The number of halogens is 2. The van der Waals surface area contributed by atoms with Crippen LogP contribution in [0.5, 0.6) is 0 Å². The first-order valence-corrected chi connectivity index (χ1v) is 5.11. The van der Waals surface area contributed by atoms with Crippen LogP contribution in [0.2, 0.25) is 0 Å². The van der Waals surface area contributed by atoms with Crippen LogP contribution in [-0.4, -0.2) is 7.05 Å². The Hall–Kier alpha value is -0.0600. The average molecular weight is 294 g/mol. The van der Waals surface area contributed by atoms with E-state index in [4.69, 9.17) is 5.73 Å². The van der Waals surface area contributed by atoms with Crippen LogP contribution < -0.4 is 11.1 Å². The number of benzene rings is 1. The Kier molecular flexibility index (Phi) is 3.55. The normalized spacial score (nSPS) is 10.2. The molecule has 0 aliphatic rings. The minimum absolute atomic E-state index is 0.782. The molecule has 0 spiro atoms. The van der Waals surface area contributed by atoms with Crippen LogP contribution >= 0.6 is 31.9 Å². The van der Waals surface area contributed by atoms with Gasteiger partial charge in [0.1, 0.15) is 0 Å². The lowest BCUT2D eigenvalue weighted by Crippen LogP contribution is -2.07. The zero-order valence-electron chi connectivity index (χ0n) is 6.70. The summed E-state index contributed by atoms with van der Waals surface area (Å²) in [7, 11) is 1.90. The Morgan fingerprint density at radius 1 is 1.42 bits per heavy atom. The second kappa shape index (κ2) is 4.25. The quantitative estimate of drug-likeness (QED) is 0.823. The van der Waals surface area contributed by atoms with Gasteiger partial charge in [0.25, 0.3) is 0 Å². The second-order valence-electron chi connectivity index (χ2n) is 2.49. The van der Waals surface area contributed by atoms with E-state index in [-0.39, 0.29) is 0 Å².